The van der Waals surface area contributed by atoms with E-state index in [1.54, 1.807) is 13.8 Å². The molecule has 0 saturated heterocycles. The van der Waals surface area contributed by atoms with Gasteiger partial charge in [-0.05, 0) is 50.5 Å². The van der Waals surface area contributed by atoms with Gasteiger partial charge in [-0.1, -0.05) is 37.5 Å². The Bertz CT molecular complexity index is 1030. The topological polar surface area (TPSA) is 114 Å². The Labute approximate surface area is 180 Å². The zero-order valence-corrected chi connectivity index (χ0v) is 17.7. The van der Waals surface area contributed by atoms with Crippen molar-refractivity contribution in [3.05, 3.63) is 69.3 Å². The van der Waals surface area contributed by atoms with Crippen molar-refractivity contribution in [2.75, 3.05) is 5.32 Å². The zero-order valence-electron chi connectivity index (χ0n) is 17.7. The molecule has 2 amide bonds. The third kappa shape index (κ3) is 5.75. The first-order valence-electron chi connectivity index (χ1n) is 10.4. The van der Waals surface area contributed by atoms with Crippen molar-refractivity contribution in [2.45, 2.75) is 46.0 Å². The van der Waals surface area contributed by atoms with Gasteiger partial charge in [-0.25, -0.2) is 5.43 Å². The van der Waals surface area contributed by atoms with Crippen LogP contribution in [-0.2, 0) is 4.79 Å². The van der Waals surface area contributed by atoms with Gasteiger partial charge in [0.2, 0.25) is 5.91 Å². The van der Waals surface area contributed by atoms with Crippen molar-refractivity contribution in [2.24, 2.45) is 11.0 Å². The van der Waals surface area contributed by atoms with Gasteiger partial charge < -0.3 is 5.32 Å². The first-order chi connectivity index (χ1) is 14.8. The monoisotopic (exact) mass is 422 g/mol. The molecule has 8 heteroatoms. The Morgan fingerprint density at radius 1 is 1.06 bits per heavy atom. The van der Waals surface area contributed by atoms with E-state index in [1.807, 2.05) is 24.3 Å². The number of hydrogen-bond acceptors (Lipinski definition) is 5. The number of nitrogens with one attached hydrogen (secondary N) is 2. The molecule has 0 radical (unpaired) electrons. The summed E-state index contributed by atoms with van der Waals surface area (Å²) < 4.78 is 0. The molecule has 1 aliphatic rings. The number of nitro benzene ring substituents is 1. The number of aryl methyl sites for hydroxylation is 1. The fourth-order valence-corrected chi connectivity index (χ4v) is 3.64. The van der Waals surface area contributed by atoms with E-state index in [1.165, 1.54) is 24.6 Å². The molecule has 0 aromatic heterocycles. The number of benzene rings is 2. The second-order valence-corrected chi connectivity index (χ2v) is 7.80. The van der Waals surface area contributed by atoms with Gasteiger partial charge in [0.15, 0.2) is 0 Å². The Morgan fingerprint density at radius 2 is 1.81 bits per heavy atom. The Hall–Kier alpha value is -3.55. The molecule has 8 nitrogen and oxygen atoms in total. The van der Waals surface area contributed by atoms with E-state index < -0.39 is 10.8 Å². The highest BCUT2D eigenvalue weighted by atomic mass is 16.6. The minimum atomic E-state index is -0.538. The minimum absolute atomic E-state index is 0.0423. The fourth-order valence-electron chi connectivity index (χ4n) is 3.64. The van der Waals surface area contributed by atoms with Crippen molar-refractivity contribution in [3.8, 4) is 0 Å². The van der Waals surface area contributed by atoms with E-state index in [-0.39, 0.29) is 23.1 Å². The Morgan fingerprint density at radius 3 is 2.52 bits per heavy atom. The summed E-state index contributed by atoms with van der Waals surface area (Å²) >= 11 is 0. The van der Waals surface area contributed by atoms with Crippen LogP contribution in [0, 0.1) is 23.0 Å². The number of nitro groups is 1. The van der Waals surface area contributed by atoms with E-state index in [4.69, 9.17) is 0 Å². The number of carbonyl (C=O) groups excluding carboxylic acids is 2. The van der Waals surface area contributed by atoms with Gasteiger partial charge in [-0.3, -0.25) is 19.7 Å². The van der Waals surface area contributed by atoms with E-state index >= 15 is 0 Å². The van der Waals surface area contributed by atoms with Crippen LogP contribution in [0.15, 0.2) is 47.6 Å². The van der Waals surface area contributed by atoms with Crippen LogP contribution in [0.2, 0.25) is 0 Å². The molecule has 2 aromatic carbocycles. The second-order valence-electron chi connectivity index (χ2n) is 7.80. The van der Waals surface area contributed by atoms with E-state index in [0.29, 0.717) is 17.0 Å². The van der Waals surface area contributed by atoms with Gasteiger partial charge in [0.25, 0.3) is 11.6 Å². The Balaban J connectivity index is 1.67. The van der Waals surface area contributed by atoms with Gasteiger partial charge in [-0.15, -0.1) is 0 Å². The number of carbonyl (C=O) groups is 2. The van der Waals surface area contributed by atoms with Crippen molar-refractivity contribution < 1.29 is 14.5 Å². The van der Waals surface area contributed by atoms with Crippen molar-refractivity contribution in [1.82, 2.24) is 5.43 Å². The van der Waals surface area contributed by atoms with Crippen LogP contribution < -0.4 is 10.7 Å². The number of hydrazone groups is 1. The fraction of sp³-hybridized carbons (Fsp3) is 0.348. The third-order valence-corrected chi connectivity index (χ3v) is 5.52. The highest BCUT2D eigenvalue weighted by Crippen LogP contribution is 2.25. The normalized spacial score (nSPS) is 14.7. The smallest absolute Gasteiger partial charge is 0.273 e. The maximum absolute atomic E-state index is 12.5. The number of anilines is 1. The van der Waals surface area contributed by atoms with Crippen LogP contribution in [0.25, 0.3) is 0 Å². The van der Waals surface area contributed by atoms with Crippen LogP contribution in [0.4, 0.5) is 11.4 Å². The predicted molar refractivity (Wildman–Crippen MR) is 119 cm³/mol. The largest absolute Gasteiger partial charge is 0.326 e. The summed E-state index contributed by atoms with van der Waals surface area (Å²) in [5, 5.41) is 18.2. The lowest BCUT2D eigenvalue weighted by Crippen LogP contribution is -2.24. The molecule has 0 unspecified atom stereocenters. The van der Waals surface area contributed by atoms with Crippen LogP contribution in [0.5, 0.6) is 0 Å². The molecule has 1 aliphatic carbocycles. The lowest BCUT2D eigenvalue weighted by Gasteiger charge is -2.20. The molecule has 0 aliphatic heterocycles. The summed E-state index contributed by atoms with van der Waals surface area (Å²) in [5.74, 6) is -0.435. The van der Waals surface area contributed by atoms with Crippen LogP contribution in [0.1, 0.15) is 60.5 Å². The molecule has 0 atom stereocenters. The standard InChI is InChI=1S/C23H26N4O4/c1-15-11-12-19(14-21(15)27(30)31)23(29)26-25-16(2)18-9-6-10-20(13-18)24-22(28)17-7-4-3-5-8-17/h6,9-14,17H,3-5,7-8H2,1-2H3,(H,24,28)(H,26,29)/b25-16-. The molecular formula is C23H26N4O4. The summed E-state index contributed by atoms with van der Waals surface area (Å²) in [6.45, 7) is 3.35. The lowest BCUT2D eigenvalue weighted by atomic mass is 9.88. The lowest BCUT2D eigenvalue weighted by molar-refractivity contribution is -0.385. The van der Waals surface area contributed by atoms with Gasteiger partial charge in [-0.2, -0.15) is 5.10 Å². The van der Waals surface area contributed by atoms with Crippen molar-refractivity contribution in [1.29, 1.82) is 0 Å². The van der Waals surface area contributed by atoms with Gasteiger partial charge in [0, 0.05) is 28.8 Å². The van der Waals surface area contributed by atoms with E-state index in [0.717, 1.165) is 31.2 Å². The number of rotatable bonds is 6. The van der Waals surface area contributed by atoms with Gasteiger partial charge >= 0.3 is 0 Å². The predicted octanol–water partition coefficient (Wildman–Crippen LogP) is 4.58. The highest BCUT2D eigenvalue weighted by molar-refractivity contribution is 6.02. The SMILES string of the molecule is C/C(=N/NC(=O)c1ccc(C)c([N+](=O)[O-])c1)c1cccc(NC(=O)C2CCCCC2)c1. The summed E-state index contributed by atoms with van der Waals surface area (Å²) in [6.07, 6.45) is 5.22. The molecule has 2 aromatic rings. The van der Waals surface area contributed by atoms with E-state index in [2.05, 4.69) is 15.8 Å². The molecule has 1 saturated carbocycles. The average Bonchev–Trinajstić information content (AvgIpc) is 2.78. The molecule has 2 N–H and O–H groups in total. The Kier molecular flexibility index (Phi) is 7.12. The molecule has 1 fully saturated rings. The average molecular weight is 422 g/mol. The van der Waals surface area contributed by atoms with E-state index in [9.17, 15) is 19.7 Å². The molecule has 31 heavy (non-hydrogen) atoms. The maximum Gasteiger partial charge on any atom is 0.273 e. The number of hydrogen-bond donors (Lipinski definition) is 2. The molecule has 162 valence electrons. The minimum Gasteiger partial charge on any atom is -0.326 e. The van der Waals surface area contributed by atoms with Gasteiger partial charge in [0.1, 0.15) is 0 Å². The van der Waals surface area contributed by atoms with Gasteiger partial charge in [0.05, 0.1) is 10.6 Å². The summed E-state index contributed by atoms with van der Waals surface area (Å²) in [4.78, 5) is 35.4. The zero-order chi connectivity index (χ0) is 22.4. The van der Waals surface area contributed by atoms with Crippen LogP contribution >= 0.6 is 0 Å². The number of nitrogens with zero attached hydrogens (tertiary/aromatic N) is 2. The second kappa shape index (κ2) is 9.97. The maximum atomic E-state index is 12.5. The highest BCUT2D eigenvalue weighted by Gasteiger charge is 2.21. The summed E-state index contributed by atoms with van der Waals surface area (Å²) in [7, 11) is 0. The molecule has 3 rings (SSSR count). The molecule has 0 bridgehead atoms. The van der Waals surface area contributed by atoms with Crippen LogP contribution in [-0.4, -0.2) is 22.4 Å². The van der Waals surface area contributed by atoms with Crippen molar-refractivity contribution >= 4 is 28.9 Å². The van der Waals surface area contributed by atoms with Crippen LogP contribution in [0.3, 0.4) is 0 Å². The molecule has 0 heterocycles. The quantitative estimate of drug-likeness (QED) is 0.403. The summed E-state index contributed by atoms with van der Waals surface area (Å²) in [5.41, 5.74) is 4.93. The summed E-state index contributed by atoms with van der Waals surface area (Å²) in [6, 6.07) is 11.6. The number of amides is 2. The first-order valence-corrected chi connectivity index (χ1v) is 10.4. The third-order valence-electron chi connectivity index (χ3n) is 5.52. The first kappa shape index (κ1) is 22.1. The molecule has 0 spiro atoms. The van der Waals surface area contributed by atoms with Crippen molar-refractivity contribution in [3.63, 3.8) is 0 Å². The molecular weight excluding hydrogens is 396 g/mol.